The second-order valence-corrected chi connectivity index (χ2v) is 15.6. The van der Waals surface area contributed by atoms with Crippen LogP contribution in [0, 0.1) is 5.92 Å². The average molecular weight is 821 g/mol. The third kappa shape index (κ3) is 13.3. The lowest BCUT2D eigenvalue weighted by molar-refractivity contribution is -0.140. The Hall–Kier alpha value is -5.91. The maximum absolute atomic E-state index is 14.2. The monoisotopic (exact) mass is 820 g/mol. The van der Waals surface area contributed by atoms with E-state index in [2.05, 4.69) is 31.9 Å². The number of phenolic OH excluding ortho intramolecular Hbond substituents is 1. The van der Waals surface area contributed by atoms with Crippen LogP contribution >= 0.6 is 11.8 Å². The van der Waals surface area contributed by atoms with Crippen LogP contribution in [0.4, 0.5) is 0 Å². The van der Waals surface area contributed by atoms with Crippen LogP contribution in [0.1, 0.15) is 50.7 Å². The molecule has 0 aliphatic carbocycles. The molecule has 17 nitrogen and oxygen atoms in total. The van der Waals surface area contributed by atoms with E-state index in [1.807, 2.05) is 20.1 Å². The van der Waals surface area contributed by atoms with E-state index in [0.717, 1.165) is 0 Å². The number of benzene rings is 2. The van der Waals surface area contributed by atoms with Crippen LogP contribution < -0.4 is 37.6 Å². The van der Waals surface area contributed by atoms with Gasteiger partial charge in [-0.2, -0.15) is 11.8 Å². The van der Waals surface area contributed by atoms with Crippen LogP contribution in [0.5, 0.6) is 5.75 Å². The minimum atomic E-state index is -1.39. The Morgan fingerprint density at radius 1 is 0.759 bits per heavy atom. The molecule has 58 heavy (non-hydrogen) atoms. The Balaban J connectivity index is 1.75. The Morgan fingerprint density at radius 3 is 1.93 bits per heavy atom. The number of hydrogen-bond acceptors (Lipinski definition) is 10. The Morgan fingerprint density at radius 2 is 1.33 bits per heavy atom. The minimum Gasteiger partial charge on any atom is -0.508 e. The highest BCUT2D eigenvalue weighted by molar-refractivity contribution is 7.98. The van der Waals surface area contributed by atoms with E-state index in [0.29, 0.717) is 16.9 Å². The van der Waals surface area contributed by atoms with Gasteiger partial charge >= 0.3 is 0 Å². The standard InChI is InChI=1S/C40H52N8O9S/c1-23(2)19-32-39(56)44-28(16-18-58-3)35(52)42-22-34(51)43-27(13-14-33(41)50)36(53)46-31(21-25-9-11-26(49)12-10-25)38(55)47-30(20-24-7-5-4-6-8-24)37(54)45-29-15-17-48(32)40(29)57/h4-12,15,17,23,27-32,49H,13-14,16,18-22H2,1-3H3,(H2,41,50)(H,42,52)(H,43,51)(H,44,56)(H,45,54)(H,46,53)(H,47,55)/t27-,28-,29+,30-,31-,32-/m0/s1. The fraction of sp³-hybridized carbons (Fsp3) is 0.450. The summed E-state index contributed by atoms with van der Waals surface area (Å²) in [6.45, 7) is 3.13. The lowest BCUT2D eigenvalue weighted by Gasteiger charge is -2.30. The van der Waals surface area contributed by atoms with Crippen molar-refractivity contribution in [2.45, 2.75) is 88.6 Å². The number of nitrogens with two attached hydrogens (primary N) is 1. The second kappa shape index (κ2) is 21.6. The van der Waals surface area contributed by atoms with E-state index in [-0.39, 0.29) is 50.2 Å². The second-order valence-electron chi connectivity index (χ2n) is 14.6. The highest BCUT2D eigenvalue weighted by Gasteiger charge is 2.39. The van der Waals surface area contributed by atoms with Crippen molar-refractivity contribution >= 4 is 59.0 Å². The predicted octanol–water partition coefficient (Wildman–Crippen LogP) is -0.480. The van der Waals surface area contributed by atoms with Gasteiger partial charge in [-0.05, 0) is 66.5 Å². The van der Waals surface area contributed by atoms with Gasteiger partial charge in [-0.25, -0.2) is 0 Å². The van der Waals surface area contributed by atoms with Crippen LogP contribution in [0.3, 0.4) is 0 Å². The van der Waals surface area contributed by atoms with Gasteiger partial charge in [0.05, 0.1) is 6.54 Å². The first-order valence-electron chi connectivity index (χ1n) is 19.0. The number of carbonyl (C=O) groups is 8. The van der Waals surface area contributed by atoms with Crippen molar-refractivity contribution in [1.29, 1.82) is 0 Å². The molecular weight excluding hydrogens is 769 g/mol. The highest BCUT2D eigenvalue weighted by Crippen LogP contribution is 2.20. The number of nitrogens with one attached hydrogen (secondary N) is 6. The summed E-state index contributed by atoms with van der Waals surface area (Å²) in [6.07, 6.45) is 4.37. The molecule has 0 unspecified atom stereocenters. The summed E-state index contributed by atoms with van der Waals surface area (Å²) < 4.78 is 0. The Bertz CT molecular complexity index is 1840. The molecule has 2 aliphatic rings. The number of carbonyl (C=O) groups excluding carboxylic acids is 8. The lowest BCUT2D eigenvalue weighted by atomic mass is 10.0. The van der Waals surface area contributed by atoms with Crippen molar-refractivity contribution in [3.05, 3.63) is 78.0 Å². The van der Waals surface area contributed by atoms with Crippen LogP contribution in [0.15, 0.2) is 66.9 Å². The third-order valence-corrected chi connectivity index (χ3v) is 10.2. The van der Waals surface area contributed by atoms with Crippen LogP contribution in [0.2, 0.25) is 0 Å². The van der Waals surface area contributed by atoms with Crippen LogP contribution in [-0.2, 0) is 51.2 Å². The molecule has 2 aliphatic heterocycles. The number of nitrogens with zero attached hydrogens (tertiary/aromatic N) is 1. The Labute approximate surface area is 341 Å². The predicted molar refractivity (Wildman–Crippen MR) is 215 cm³/mol. The molecule has 2 heterocycles. The molecule has 18 heteroatoms. The molecule has 0 saturated carbocycles. The molecule has 0 spiro atoms. The van der Waals surface area contributed by atoms with E-state index in [4.69, 9.17) is 5.73 Å². The summed E-state index contributed by atoms with van der Waals surface area (Å²) in [5.74, 6) is -5.50. The zero-order valence-corrected chi connectivity index (χ0v) is 33.5. The van der Waals surface area contributed by atoms with Crippen molar-refractivity contribution in [3.8, 4) is 5.75 Å². The molecule has 0 aromatic heterocycles. The van der Waals surface area contributed by atoms with Crippen molar-refractivity contribution in [2.24, 2.45) is 11.7 Å². The first kappa shape index (κ1) is 44.8. The summed E-state index contributed by atoms with van der Waals surface area (Å²) in [7, 11) is 0. The minimum absolute atomic E-state index is 0.0131. The van der Waals surface area contributed by atoms with Crippen molar-refractivity contribution < 1.29 is 43.5 Å². The quantitative estimate of drug-likeness (QED) is 0.137. The number of thioether (sulfide) groups is 1. The normalized spacial score (nSPS) is 23.9. The molecule has 9 N–H and O–H groups in total. The first-order valence-corrected chi connectivity index (χ1v) is 20.4. The topological polar surface area (TPSA) is 258 Å². The summed E-state index contributed by atoms with van der Waals surface area (Å²) in [6, 6.07) is 7.30. The molecule has 1 fully saturated rings. The summed E-state index contributed by atoms with van der Waals surface area (Å²) in [4.78, 5) is 110. The number of primary amides is 1. The van der Waals surface area contributed by atoms with E-state index < -0.39 is 90.1 Å². The van der Waals surface area contributed by atoms with E-state index in [1.54, 1.807) is 42.5 Å². The SMILES string of the molecule is CSCC[C@@H]1NC(=O)[C@H](CC(C)C)N2C=C[C@@H](NC(=O)[C@H](Cc3ccccc3)NC(=O)[C@H](Cc3ccc(O)cc3)NC(=O)[C@H](CCC(N)=O)NC(=O)CNC1=O)C2=O. The average Bonchev–Trinajstić information content (AvgIpc) is 3.54. The molecule has 1 saturated heterocycles. The fourth-order valence-electron chi connectivity index (χ4n) is 6.45. The van der Waals surface area contributed by atoms with Crippen LogP contribution in [0.25, 0.3) is 0 Å². The number of hydrogen-bond donors (Lipinski definition) is 8. The smallest absolute Gasteiger partial charge is 0.253 e. The van der Waals surface area contributed by atoms with E-state index in [1.165, 1.54) is 41.1 Å². The molecule has 2 aromatic rings. The molecule has 2 bridgehead atoms. The molecule has 0 radical (unpaired) electrons. The van der Waals surface area contributed by atoms with Crippen molar-refractivity contribution in [1.82, 2.24) is 36.8 Å². The van der Waals surface area contributed by atoms with Gasteiger partial charge in [-0.15, -0.1) is 0 Å². The van der Waals surface area contributed by atoms with Gasteiger partial charge in [0.2, 0.25) is 41.4 Å². The summed E-state index contributed by atoms with van der Waals surface area (Å²) in [5, 5.41) is 25.7. The Kier molecular flexibility index (Phi) is 16.7. The van der Waals surface area contributed by atoms with Gasteiger partial charge in [0.15, 0.2) is 0 Å². The number of aromatic hydroxyl groups is 1. The molecule has 312 valence electrons. The maximum Gasteiger partial charge on any atom is 0.253 e. The summed E-state index contributed by atoms with van der Waals surface area (Å²) >= 11 is 1.43. The largest absolute Gasteiger partial charge is 0.508 e. The van der Waals surface area contributed by atoms with E-state index >= 15 is 0 Å². The first-order chi connectivity index (χ1) is 27.6. The zero-order chi connectivity index (χ0) is 42.4. The molecule has 2 aromatic carbocycles. The zero-order valence-electron chi connectivity index (χ0n) is 32.7. The molecular formula is C40H52N8O9S. The molecule has 4 rings (SSSR count). The molecule has 8 amide bonds. The number of rotatable bonds is 12. The number of phenols is 1. The number of amides is 8. The summed E-state index contributed by atoms with van der Waals surface area (Å²) in [5.41, 5.74) is 6.56. The maximum atomic E-state index is 14.2. The van der Waals surface area contributed by atoms with E-state index in [9.17, 15) is 43.5 Å². The third-order valence-electron chi connectivity index (χ3n) is 9.51. The van der Waals surface area contributed by atoms with Gasteiger partial charge in [-0.3, -0.25) is 38.4 Å². The van der Waals surface area contributed by atoms with Crippen molar-refractivity contribution in [3.63, 3.8) is 0 Å². The van der Waals surface area contributed by atoms with Crippen LogP contribution in [-0.4, -0.2) is 112 Å². The van der Waals surface area contributed by atoms with Crippen molar-refractivity contribution in [2.75, 3.05) is 18.6 Å². The molecule has 6 atom stereocenters. The lowest BCUT2D eigenvalue weighted by Crippen LogP contribution is -2.59. The van der Waals surface area contributed by atoms with Gasteiger partial charge in [-0.1, -0.05) is 56.3 Å². The van der Waals surface area contributed by atoms with Gasteiger partial charge in [0.25, 0.3) is 5.91 Å². The van der Waals surface area contributed by atoms with Gasteiger partial charge in [0.1, 0.15) is 42.0 Å². The van der Waals surface area contributed by atoms with Gasteiger partial charge in [0, 0.05) is 25.5 Å². The fourth-order valence-corrected chi connectivity index (χ4v) is 6.93. The highest BCUT2D eigenvalue weighted by atomic mass is 32.2. The number of fused-ring (bicyclic) bond motifs is 2. The van der Waals surface area contributed by atoms with Gasteiger partial charge < -0.3 is 47.6 Å².